The van der Waals surface area contributed by atoms with E-state index >= 15 is 0 Å². The van der Waals surface area contributed by atoms with Crippen LogP contribution in [0.15, 0.2) is 11.3 Å². The maximum absolute atomic E-state index is 12.3. The molecule has 1 saturated heterocycles. The highest BCUT2D eigenvalue weighted by atomic mass is 32.2. The second-order valence-corrected chi connectivity index (χ2v) is 5.83. The third kappa shape index (κ3) is 3.27. The van der Waals surface area contributed by atoms with Crippen LogP contribution in [-0.4, -0.2) is 53.3 Å². The Morgan fingerprint density at radius 3 is 2.65 bits per heavy atom. The van der Waals surface area contributed by atoms with Crippen LogP contribution >= 0.6 is 11.8 Å². The molecule has 0 spiro atoms. The molecule has 0 aliphatic carbocycles. The maximum atomic E-state index is 12.3. The van der Waals surface area contributed by atoms with E-state index in [0.717, 1.165) is 5.57 Å². The lowest BCUT2D eigenvalue weighted by Gasteiger charge is -2.49. The van der Waals surface area contributed by atoms with E-state index in [9.17, 15) is 14.4 Å². The van der Waals surface area contributed by atoms with Crippen molar-refractivity contribution >= 4 is 29.7 Å². The number of amides is 2. The smallest absolute Gasteiger partial charge is 0.408 e. The zero-order chi connectivity index (χ0) is 17.0. The second kappa shape index (κ2) is 7.12. The van der Waals surface area contributed by atoms with Crippen LogP contribution in [0.25, 0.3) is 0 Å². The lowest BCUT2D eigenvalue weighted by Crippen LogP contribution is -2.70. The highest BCUT2D eigenvalue weighted by Gasteiger charge is 2.54. The molecule has 2 aliphatic rings. The molecule has 2 aliphatic heterocycles. The highest BCUT2D eigenvalue weighted by Crippen LogP contribution is 2.40. The lowest BCUT2D eigenvalue weighted by molar-refractivity contribution is -0.151. The fraction of sp³-hybridized carbons (Fsp3) is 0.400. The van der Waals surface area contributed by atoms with Crippen molar-refractivity contribution in [3.8, 4) is 24.7 Å². The Morgan fingerprint density at radius 1 is 1.35 bits per heavy atom. The van der Waals surface area contributed by atoms with Gasteiger partial charge in [0, 0.05) is 5.75 Å². The van der Waals surface area contributed by atoms with Crippen LogP contribution in [-0.2, 0) is 19.1 Å². The van der Waals surface area contributed by atoms with Crippen molar-refractivity contribution in [3.63, 3.8) is 0 Å². The number of esters is 1. The number of terminal acetylenes is 2. The Kier molecular flexibility index (Phi) is 5.20. The summed E-state index contributed by atoms with van der Waals surface area (Å²) < 4.78 is 9.58. The molecular weight excluding hydrogens is 320 g/mol. The van der Waals surface area contributed by atoms with Crippen molar-refractivity contribution in [1.82, 2.24) is 10.2 Å². The Labute approximate surface area is 137 Å². The molecule has 2 rings (SSSR count). The number of carbonyl (C=O) groups is 3. The minimum Gasteiger partial charge on any atom is -0.448 e. The van der Waals surface area contributed by atoms with E-state index in [0.29, 0.717) is 5.75 Å². The number of rotatable bonds is 4. The van der Waals surface area contributed by atoms with Gasteiger partial charge in [-0.2, -0.15) is 0 Å². The van der Waals surface area contributed by atoms with Crippen molar-refractivity contribution in [2.75, 3.05) is 19.0 Å². The van der Waals surface area contributed by atoms with E-state index in [-0.39, 0.29) is 18.9 Å². The molecule has 0 radical (unpaired) electrons. The van der Waals surface area contributed by atoms with E-state index in [2.05, 4.69) is 21.9 Å². The summed E-state index contributed by atoms with van der Waals surface area (Å²) in [5.41, 5.74) is 0.902. The third-order valence-corrected chi connectivity index (χ3v) is 4.62. The number of hydrogen-bond donors (Lipinski definition) is 1. The van der Waals surface area contributed by atoms with Crippen LogP contribution in [0.2, 0.25) is 0 Å². The number of fused-ring (bicyclic) bond motifs is 1. The molecule has 0 saturated carbocycles. The summed E-state index contributed by atoms with van der Waals surface area (Å²) in [7, 11) is 0. The Balaban J connectivity index is 2.07. The van der Waals surface area contributed by atoms with E-state index in [4.69, 9.17) is 17.6 Å². The molecule has 2 unspecified atom stereocenters. The number of thioether (sulfide) groups is 1. The van der Waals surface area contributed by atoms with Gasteiger partial charge in [-0.05, 0) is 12.5 Å². The molecule has 1 fully saturated rings. The van der Waals surface area contributed by atoms with E-state index < -0.39 is 29.4 Å². The number of alkyl carbamates (subject to hydrolysis) is 1. The predicted octanol–water partition coefficient (Wildman–Crippen LogP) is 0.0799. The number of nitrogens with zero attached hydrogens (tertiary/aromatic N) is 1. The predicted molar refractivity (Wildman–Crippen MR) is 82.7 cm³/mol. The van der Waals surface area contributed by atoms with Crippen LogP contribution in [0, 0.1) is 24.7 Å². The zero-order valence-corrected chi connectivity index (χ0v) is 13.1. The summed E-state index contributed by atoms with van der Waals surface area (Å²) in [4.78, 5) is 37.1. The van der Waals surface area contributed by atoms with Crippen LogP contribution in [0.1, 0.15) is 6.92 Å². The Bertz CT molecular complexity index is 658. The summed E-state index contributed by atoms with van der Waals surface area (Å²) in [6, 6.07) is -0.770. The first-order valence-electron chi connectivity index (χ1n) is 6.63. The first kappa shape index (κ1) is 16.8. The fourth-order valence-electron chi connectivity index (χ4n) is 2.21. The number of nitrogens with one attached hydrogen (secondary N) is 1. The van der Waals surface area contributed by atoms with Crippen molar-refractivity contribution in [2.24, 2.45) is 0 Å². The van der Waals surface area contributed by atoms with Crippen LogP contribution in [0.3, 0.4) is 0 Å². The SMILES string of the molecule is C#CCOC(=O)NC1C(=O)N2C(C(=O)OCC#C)=C(C)CSC12. The van der Waals surface area contributed by atoms with Gasteiger partial charge in [-0.3, -0.25) is 9.69 Å². The summed E-state index contributed by atoms with van der Waals surface area (Å²) >= 11 is 1.43. The van der Waals surface area contributed by atoms with Gasteiger partial charge in [0.15, 0.2) is 13.2 Å². The number of hydrogen-bond acceptors (Lipinski definition) is 6. The second-order valence-electron chi connectivity index (χ2n) is 4.72. The van der Waals surface area contributed by atoms with Gasteiger partial charge >= 0.3 is 12.1 Å². The molecule has 0 aromatic rings. The average Bonchev–Trinajstić information content (AvgIpc) is 2.55. The zero-order valence-electron chi connectivity index (χ0n) is 12.3. The Morgan fingerprint density at radius 2 is 2.00 bits per heavy atom. The molecule has 1 N–H and O–H groups in total. The van der Waals surface area contributed by atoms with E-state index in [1.807, 2.05) is 0 Å². The minimum absolute atomic E-state index is 0.171. The van der Waals surface area contributed by atoms with Crippen molar-refractivity contribution < 1.29 is 23.9 Å². The Hall–Kier alpha value is -2.58. The molecule has 7 nitrogen and oxygen atoms in total. The molecule has 120 valence electrons. The van der Waals surface area contributed by atoms with E-state index in [1.54, 1.807) is 6.92 Å². The van der Waals surface area contributed by atoms with Gasteiger partial charge < -0.3 is 14.8 Å². The molecule has 8 heteroatoms. The molecule has 0 aromatic heterocycles. The van der Waals surface area contributed by atoms with Gasteiger partial charge in [0.05, 0.1) is 0 Å². The monoisotopic (exact) mass is 334 g/mol. The third-order valence-electron chi connectivity index (χ3n) is 3.20. The van der Waals surface area contributed by atoms with Gasteiger partial charge in [0.25, 0.3) is 5.91 Å². The van der Waals surface area contributed by atoms with Gasteiger partial charge in [-0.1, -0.05) is 11.8 Å². The molecule has 2 heterocycles. The van der Waals surface area contributed by atoms with Gasteiger partial charge in [-0.25, -0.2) is 9.59 Å². The van der Waals surface area contributed by atoms with Crippen molar-refractivity contribution in [2.45, 2.75) is 18.3 Å². The van der Waals surface area contributed by atoms with Crippen molar-refractivity contribution in [3.05, 3.63) is 11.3 Å². The average molecular weight is 334 g/mol. The molecule has 2 atom stereocenters. The molecule has 0 aromatic carbocycles. The quantitative estimate of drug-likeness (QED) is 0.445. The summed E-state index contributed by atoms with van der Waals surface area (Å²) in [5, 5.41) is 2.05. The fourth-order valence-corrected chi connectivity index (χ4v) is 3.51. The number of ether oxygens (including phenoxy) is 2. The maximum Gasteiger partial charge on any atom is 0.408 e. The van der Waals surface area contributed by atoms with Gasteiger partial charge in [0.2, 0.25) is 0 Å². The molecule has 23 heavy (non-hydrogen) atoms. The van der Waals surface area contributed by atoms with Crippen LogP contribution in [0.5, 0.6) is 0 Å². The lowest BCUT2D eigenvalue weighted by atomic mass is 10.0. The number of β-lactam (4-membered cyclic amide) rings is 1. The molecule has 2 amide bonds. The molecule has 0 bridgehead atoms. The van der Waals surface area contributed by atoms with Crippen LogP contribution in [0.4, 0.5) is 4.79 Å². The van der Waals surface area contributed by atoms with Crippen LogP contribution < -0.4 is 5.32 Å². The van der Waals surface area contributed by atoms with Crippen molar-refractivity contribution in [1.29, 1.82) is 0 Å². The largest absolute Gasteiger partial charge is 0.448 e. The normalized spacial score (nSPS) is 22.2. The summed E-state index contributed by atoms with van der Waals surface area (Å²) in [6.45, 7) is 1.39. The first-order chi connectivity index (χ1) is 11.0. The van der Waals surface area contributed by atoms with Gasteiger partial charge in [0.1, 0.15) is 17.1 Å². The first-order valence-corrected chi connectivity index (χ1v) is 7.68. The molecular formula is C15H14N2O5S. The van der Waals surface area contributed by atoms with Gasteiger partial charge in [-0.15, -0.1) is 24.6 Å². The van der Waals surface area contributed by atoms with E-state index in [1.165, 1.54) is 16.7 Å². The topological polar surface area (TPSA) is 84.9 Å². The summed E-state index contributed by atoms with van der Waals surface area (Å²) in [6.07, 6.45) is 9.27. The minimum atomic E-state index is -0.774. The summed E-state index contributed by atoms with van der Waals surface area (Å²) in [5.74, 6) is 3.83. The highest BCUT2D eigenvalue weighted by molar-refractivity contribution is 8.00. The standard InChI is InChI=1S/C15H14N2O5S/c1-4-6-21-14(19)11-9(3)8-23-13-10(12(18)17(11)13)16-15(20)22-7-5-2/h1-2,10,13H,6-8H2,3H3,(H,16,20). The number of carbonyl (C=O) groups excluding carboxylic acids is 3.